The summed E-state index contributed by atoms with van der Waals surface area (Å²) in [6.45, 7) is 6.36. The molecule has 2 N–H and O–H groups in total. The number of H-pyrrole nitrogens is 1. The normalized spacial score (nSPS) is 17.5. The summed E-state index contributed by atoms with van der Waals surface area (Å²) in [7, 11) is 6.82. The van der Waals surface area contributed by atoms with E-state index in [9.17, 15) is 32.3 Å². The van der Waals surface area contributed by atoms with Crippen molar-refractivity contribution >= 4 is 40.3 Å². The lowest BCUT2D eigenvalue weighted by atomic mass is 9.92. The number of anilines is 2. The van der Waals surface area contributed by atoms with Gasteiger partial charge in [0.15, 0.2) is 5.82 Å². The van der Waals surface area contributed by atoms with Crippen molar-refractivity contribution in [2.75, 3.05) is 63.8 Å². The van der Waals surface area contributed by atoms with Gasteiger partial charge in [0, 0.05) is 94.5 Å². The number of imide groups is 1. The summed E-state index contributed by atoms with van der Waals surface area (Å²) in [6.07, 6.45) is -0.564. The molecule has 3 saturated heterocycles. The zero-order valence-corrected chi connectivity index (χ0v) is 33.6. The summed E-state index contributed by atoms with van der Waals surface area (Å²) in [4.78, 5) is 57.3. The number of amides is 4. The molecule has 5 heterocycles. The summed E-state index contributed by atoms with van der Waals surface area (Å²) < 4.78 is 57.4. The Kier molecular flexibility index (Phi) is 11.2. The summed E-state index contributed by atoms with van der Waals surface area (Å²) in [5, 5.41) is 8.86. The van der Waals surface area contributed by atoms with Crippen molar-refractivity contribution in [2.24, 2.45) is 13.0 Å². The molecular formula is C41H49F3N8O6. The number of fused-ring (bicyclic) bond motifs is 1. The summed E-state index contributed by atoms with van der Waals surface area (Å²) in [5.74, 6) is 0.617. The Morgan fingerprint density at radius 1 is 0.948 bits per heavy atom. The number of alkyl halides is 3. The SMILES string of the molecule is COc1cc(-c2cn(C)c(=O)c(C)c2C)cc(OC)c1CN1CCC(N(C)C(=O)C2CCN(c3ccc4c(N5CCC(=O)NC5=O)n[nH]c4c3C(F)(F)F)CC2)CC1. The van der Waals surface area contributed by atoms with Crippen LogP contribution in [-0.2, 0) is 29.4 Å². The first-order valence-corrected chi connectivity index (χ1v) is 19.5. The molecule has 17 heteroatoms. The van der Waals surface area contributed by atoms with E-state index >= 15 is 0 Å². The quantitative estimate of drug-likeness (QED) is 0.228. The van der Waals surface area contributed by atoms with Crippen molar-refractivity contribution in [2.45, 2.75) is 64.7 Å². The molecule has 0 atom stereocenters. The monoisotopic (exact) mass is 806 g/mol. The van der Waals surface area contributed by atoms with Crippen LogP contribution in [0.4, 0.5) is 29.5 Å². The number of halogens is 3. The van der Waals surface area contributed by atoms with Crippen LogP contribution < -0.4 is 30.1 Å². The first-order chi connectivity index (χ1) is 27.6. The highest BCUT2D eigenvalue weighted by Crippen LogP contribution is 2.44. The van der Waals surface area contributed by atoms with E-state index < -0.39 is 23.7 Å². The molecule has 14 nitrogen and oxygen atoms in total. The topological polar surface area (TPSA) is 145 Å². The van der Waals surface area contributed by atoms with Gasteiger partial charge in [-0.2, -0.15) is 18.3 Å². The number of carbonyl (C=O) groups excluding carboxylic acids is 3. The maximum atomic E-state index is 14.7. The number of pyridine rings is 1. The number of nitrogens with one attached hydrogen (secondary N) is 2. The van der Waals surface area contributed by atoms with Crippen LogP contribution in [-0.4, -0.2) is 102 Å². The molecule has 7 rings (SSSR count). The van der Waals surface area contributed by atoms with Crippen molar-refractivity contribution in [1.29, 1.82) is 0 Å². The highest BCUT2D eigenvalue weighted by Gasteiger charge is 2.41. The smallest absolute Gasteiger partial charge is 0.420 e. The molecule has 4 amide bonds. The summed E-state index contributed by atoms with van der Waals surface area (Å²) >= 11 is 0. The van der Waals surface area contributed by atoms with E-state index in [4.69, 9.17) is 9.47 Å². The number of aromatic amines is 1. The van der Waals surface area contributed by atoms with Crippen molar-refractivity contribution in [3.05, 3.63) is 63.1 Å². The van der Waals surface area contributed by atoms with E-state index in [1.165, 1.54) is 12.1 Å². The number of carbonyl (C=O) groups is 3. The van der Waals surface area contributed by atoms with Gasteiger partial charge in [-0.3, -0.25) is 34.6 Å². The zero-order chi connectivity index (χ0) is 41.6. The average molecular weight is 807 g/mol. The molecule has 3 aliphatic rings. The number of nitrogens with zero attached hydrogens (tertiary/aromatic N) is 6. The second-order valence-corrected chi connectivity index (χ2v) is 15.5. The highest BCUT2D eigenvalue weighted by atomic mass is 19.4. The van der Waals surface area contributed by atoms with Crippen LogP contribution in [0, 0.1) is 19.8 Å². The molecule has 310 valence electrons. The van der Waals surface area contributed by atoms with Gasteiger partial charge in [-0.05, 0) is 74.9 Å². The number of benzene rings is 2. The molecule has 0 aliphatic carbocycles. The van der Waals surface area contributed by atoms with Crippen LogP contribution >= 0.6 is 0 Å². The first kappa shape index (κ1) is 40.6. The summed E-state index contributed by atoms with van der Waals surface area (Å²) in [6, 6.07) is 6.15. The third kappa shape index (κ3) is 7.58. The number of rotatable bonds is 9. The number of piperidine rings is 2. The lowest BCUT2D eigenvalue weighted by Crippen LogP contribution is -2.49. The van der Waals surface area contributed by atoms with Crippen LogP contribution in [0.1, 0.15) is 54.4 Å². The molecule has 0 radical (unpaired) electrons. The number of aromatic nitrogens is 3. The molecule has 2 aromatic carbocycles. The Bertz CT molecular complexity index is 2280. The number of hydrogen-bond acceptors (Lipinski definition) is 9. The van der Waals surface area contributed by atoms with E-state index in [2.05, 4.69) is 20.4 Å². The van der Waals surface area contributed by atoms with Crippen molar-refractivity contribution in [3.8, 4) is 22.6 Å². The fourth-order valence-corrected chi connectivity index (χ4v) is 8.67. The van der Waals surface area contributed by atoms with E-state index in [1.54, 1.807) is 30.7 Å². The van der Waals surface area contributed by atoms with Crippen LogP contribution in [0.25, 0.3) is 22.0 Å². The standard InChI is InChI=1S/C41H49F3N8O6/c1-23-24(2)38(54)48(3)21-29(23)26-19-32(57-5)30(33(20-26)58-6)22-50-14-11-27(12-15-50)49(4)39(55)25-9-16-51(17-10-25)31-8-7-28-36(35(31)41(42,43)44)46-47-37(28)52-18-13-34(53)45-40(52)56/h7-8,19-21,25,27H,9-18,22H2,1-6H3,(H,46,47)(H,45,53,56). The Morgan fingerprint density at radius 2 is 1.60 bits per heavy atom. The molecule has 4 aromatic rings. The maximum absolute atomic E-state index is 14.7. The Morgan fingerprint density at radius 3 is 2.21 bits per heavy atom. The number of ether oxygens (including phenoxy) is 2. The molecule has 0 saturated carbocycles. The number of aryl methyl sites for hydroxylation is 1. The summed E-state index contributed by atoms with van der Waals surface area (Å²) in [5.41, 5.74) is 3.13. The van der Waals surface area contributed by atoms with Gasteiger partial charge in [-0.25, -0.2) is 4.79 Å². The van der Waals surface area contributed by atoms with Crippen molar-refractivity contribution < 1.29 is 37.0 Å². The minimum atomic E-state index is -4.73. The van der Waals surface area contributed by atoms with Crippen LogP contribution in [0.5, 0.6) is 11.5 Å². The number of urea groups is 1. The predicted molar refractivity (Wildman–Crippen MR) is 212 cm³/mol. The lowest BCUT2D eigenvalue weighted by molar-refractivity contribution is -0.138. The third-order valence-electron chi connectivity index (χ3n) is 12.2. The van der Waals surface area contributed by atoms with Gasteiger partial charge >= 0.3 is 12.2 Å². The molecule has 2 aromatic heterocycles. The van der Waals surface area contributed by atoms with Gasteiger partial charge < -0.3 is 23.8 Å². The van der Waals surface area contributed by atoms with E-state index in [0.717, 1.165) is 53.1 Å². The molecule has 0 unspecified atom stereocenters. The van der Waals surface area contributed by atoms with Gasteiger partial charge in [0.25, 0.3) is 5.56 Å². The van der Waals surface area contributed by atoms with Gasteiger partial charge in [0.2, 0.25) is 11.8 Å². The van der Waals surface area contributed by atoms with Crippen molar-refractivity contribution in [3.63, 3.8) is 0 Å². The van der Waals surface area contributed by atoms with Crippen LogP contribution in [0.2, 0.25) is 0 Å². The van der Waals surface area contributed by atoms with Gasteiger partial charge in [0.05, 0.1) is 31.0 Å². The minimum Gasteiger partial charge on any atom is -0.496 e. The third-order valence-corrected chi connectivity index (χ3v) is 12.2. The number of hydrogen-bond donors (Lipinski definition) is 2. The predicted octanol–water partition coefficient (Wildman–Crippen LogP) is 5.37. The first-order valence-electron chi connectivity index (χ1n) is 19.5. The van der Waals surface area contributed by atoms with Crippen LogP contribution in [0.3, 0.4) is 0 Å². The van der Waals surface area contributed by atoms with E-state index in [1.807, 2.05) is 44.1 Å². The van der Waals surface area contributed by atoms with E-state index in [0.29, 0.717) is 36.4 Å². The molecular weight excluding hydrogens is 757 g/mol. The van der Waals surface area contributed by atoms with Gasteiger partial charge in [0.1, 0.15) is 17.1 Å². The second kappa shape index (κ2) is 16.0. The maximum Gasteiger partial charge on any atom is 0.420 e. The van der Waals surface area contributed by atoms with E-state index in [-0.39, 0.29) is 71.9 Å². The lowest BCUT2D eigenvalue weighted by Gasteiger charge is -2.40. The highest BCUT2D eigenvalue weighted by molar-refractivity contribution is 6.09. The Balaban J connectivity index is 0.982. The van der Waals surface area contributed by atoms with Crippen molar-refractivity contribution in [1.82, 2.24) is 29.9 Å². The molecule has 0 bridgehead atoms. The van der Waals surface area contributed by atoms with Crippen LogP contribution in [0.15, 0.2) is 35.3 Å². The fourth-order valence-electron chi connectivity index (χ4n) is 8.67. The Labute approximate surface area is 333 Å². The van der Waals surface area contributed by atoms with Gasteiger partial charge in [-0.15, -0.1) is 0 Å². The molecule has 58 heavy (non-hydrogen) atoms. The molecule has 3 fully saturated rings. The van der Waals surface area contributed by atoms with Gasteiger partial charge in [-0.1, -0.05) is 0 Å². The Hall–Kier alpha value is -5.58. The number of likely N-dealkylation sites (tertiary alicyclic amines) is 1. The zero-order valence-electron chi connectivity index (χ0n) is 33.6. The average Bonchev–Trinajstić information content (AvgIpc) is 3.64. The largest absolute Gasteiger partial charge is 0.496 e. The number of methoxy groups -OCH3 is 2. The second-order valence-electron chi connectivity index (χ2n) is 15.5. The molecule has 0 spiro atoms. The molecule has 3 aliphatic heterocycles. The minimum absolute atomic E-state index is 0.00293. The fraction of sp³-hybridized carbons (Fsp3) is 0.488.